The lowest BCUT2D eigenvalue weighted by molar-refractivity contribution is 0.168. The summed E-state index contributed by atoms with van der Waals surface area (Å²) in [6.07, 6.45) is 2.44. The normalized spacial score (nSPS) is 12.8. The summed E-state index contributed by atoms with van der Waals surface area (Å²) in [5.74, 6) is 1.99. The molecule has 39 heavy (non-hydrogen) atoms. The number of H-pyrrole nitrogens is 1. The van der Waals surface area contributed by atoms with Crippen LogP contribution in [0.15, 0.2) is 76.1 Å². The van der Waals surface area contributed by atoms with E-state index in [9.17, 15) is 4.79 Å². The minimum atomic E-state index is -0.596. The summed E-state index contributed by atoms with van der Waals surface area (Å²) in [6, 6.07) is 18.4. The third-order valence-corrected chi connectivity index (χ3v) is 7.41. The number of rotatable bonds is 10. The first kappa shape index (κ1) is 26.6. The number of furan rings is 1. The van der Waals surface area contributed by atoms with E-state index >= 15 is 0 Å². The molecule has 0 amide bonds. The summed E-state index contributed by atoms with van der Waals surface area (Å²) in [6.45, 7) is 7.15. The lowest BCUT2D eigenvalue weighted by Crippen LogP contribution is -2.38. The third-order valence-electron chi connectivity index (χ3n) is 7.16. The molecule has 0 aliphatic heterocycles. The molecule has 1 N–H and O–H groups in total. The Bertz CT molecular complexity index is 1610. The van der Waals surface area contributed by atoms with Gasteiger partial charge in [-0.2, -0.15) is 0 Å². The summed E-state index contributed by atoms with van der Waals surface area (Å²) in [4.78, 5) is 19.0. The quantitative estimate of drug-likeness (QED) is 0.239. The molecule has 0 saturated carbocycles. The van der Waals surface area contributed by atoms with Gasteiger partial charge in [-0.25, -0.2) is 4.68 Å². The first-order chi connectivity index (χ1) is 18.8. The number of hydrogen-bond donors (Lipinski definition) is 1. The van der Waals surface area contributed by atoms with Crippen molar-refractivity contribution in [2.75, 3.05) is 7.11 Å². The van der Waals surface area contributed by atoms with Crippen molar-refractivity contribution in [3.63, 3.8) is 0 Å². The van der Waals surface area contributed by atoms with Crippen molar-refractivity contribution in [2.24, 2.45) is 0 Å². The highest BCUT2D eigenvalue weighted by Gasteiger charge is 2.35. The fraction of sp³-hybridized carbons (Fsp3) is 0.310. The summed E-state index contributed by atoms with van der Waals surface area (Å²) in [5, 5.41) is 14.5. The van der Waals surface area contributed by atoms with Crippen LogP contribution in [0.3, 0.4) is 0 Å². The van der Waals surface area contributed by atoms with Crippen LogP contribution < -0.4 is 10.3 Å². The van der Waals surface area contributed by atoms with Crippen LogP contribution in [-0.4, -0.2) is 37.2 Å². The van der Waals surface area contributed by atoms with Crippen LogP contribution in [0, 0.1) is 0 Å². The van der Waals surface area contributed by atoms with E-state index in [1.807, 2.05) is 65.3 Å². The van der Waals surface area contributed by atoms with Gasteiger partial charge in [0.25, 0.3) is 5.56 Å². The molecule has 3 heterocycles. The van der Waals surface area contributed by atoms with E-state index in [-0.39, 0.29) is 11.1 Å². The highest BCUT2D eigenvalue weighted by Crippen LogP contribution is 2.33. The van der Waals surface area contributed by atoms with E-state index in [0.717, 1.165) is 23.1 Å². The van der Waals surface area contributed by atoms with Crippen LogP contribution in [0.25, 0.3) is 10.9 Å². The zero-order chi connectivity index (χ0) is 27.6. The van der Waals surface area contributed by atoms with Gasteiger partial charge >= 0.3 is 0 Å². The van der Waals surface area contributed by atoms with Gasteiger partial charge in [-0.1, -0.05) is 30.7 Å². The maximum absolute atomic E-state index is 13.8. The molecule has 0 aliphatic rings. The maximum Gasteiger partial charge on any atom is 0.253 e. The lowest BCUT2D eigenvalue weighted by atomic mass is 9.98. The van der Waals surface area contributed by atoms with Crippen molar-refractivity contribution in [2.45, 2.75) is 51.9 Å². The van der Waals surface area contributed by atoms with E-state index in [1.165, 1.54) is 0 Å². The van der Waals surface area contributed by atoms with Crippen LogP contribution >= 0.6 is 11.6 Å². The minimum absolute atomic E-state index is 0.231. The van der Waals surface area contributed by atoms with E-state index in [1.54, 1.807) is 13.4 Å². The average molecular weight is 547 g/mol. The first-order valence-electron chi connectivity index (χ1n) is 12.8. The summed E-state index contributed by atoms with van der Waals surface area (Å²) >= 11 is 6.17. The zero-order valence-corrected chi connectivity index (χ0v) is 23.1. The molecule has 202 valence electrons. The molecule has 0 fully saturated rings. The van der Waals surface area contributed by atoms with Gasteiger partial charge < -0.3 is 14.1 Å². The number of tetrazole rings is 1. The summed E-state index contributed by atoms with van der Waals surface area (Å²) in [7, 11) is 1.60. The Balaban J connectivity index is 1.72. The van der Waals surface area contributed by atoms with E-state index in [4.69, 9.17) is 20.8 Å². The molecular formula is C29H31ClN6O3. The standard InChI is InChI=1S/C29H31ClN6O3/c1-5-29(2,3)36-27(32-33-34-36)26(24-15-20-10-13-22(38-4)16-25(20)31-28(24)37)35(18-23-7-6-14-39-23)17-19-8-11-21(30)12-9-19/h6-16,26H,5,17-18H2,1-4H3,(H,31,37). The number of halogens is 1. The number of methoxy groups -OCH3 is 1. The van der Waals surface area contributed by atoms with Gasteiger partial charge in [0.2, 0.25) is 0 Å². The molecule has 0 spiro atoms. The monoisotopic (exact) mass is 546 g/mol. The van der Waals surface area contributed by atoms with E-state index in [2.05, 4.69) is 46.2 Å². The van der Waals surface area contributed by atoms with Crippen LogP contribution in [0.1, 0.15) is 55.9 Å². The number of aromatic amines is 1. The number of aromatic nitrogens is 5. The lowest BCUT2D eigenvalue weighted by Gasteiger charge is -2.33. The fourth-order valence-electron chi connectivity index (χ4n) is 4.64. The molecule has 0 saturated heterocycles. The molecule has 0 radical (unpaired) electrons. The van der Waals surface area contributed by atoms with Crippen LogP contribution in [0.2, 0.25) is 5.02 Å². The molecule has 9 nitrogen and oxygen atoms in total. The highest BCUT2D eigenvalue weighted by atomic mass is 35.5. The van der Waals surface area contributed by atoms with Gasteiger partial charge in [-0.05, 0) is 84.1 Å². The van der Waals surface area contributed by atoms with Gasteiger partial charge in [-0.3, -0.25) is 9.69 Å². The Morgan fingerprint density at radius 2 is 1.92 bits per heavy atom. The smallest absolute Gasteiger partial charge is 0.253 e. The third kappa shape index (κ3) is 5.60. The molecule has 3 aromatic heterocycles. The van der Waals surface area contributed by atoms with Crippen molar-refractivity contribution in [1.82, 2.24) is 30.1 Å². The van der Waals surface area contributed by atoms with Gasteiger partial charge in [0.1, 0.15) is 17.6 Å². The van der Waals surface area contributed by atoms with Crippen LogP contribution in [0.5, 0.6) is 5.75 Å². The molecule has 2 aromatic carbocycles. The Morgan fingerprint density at radius 1 is 1.13 bits per heavy atom. The zero-order valence-electron chi connectivity index (χ0n) is 22.4. The summed E-state index contributed by atoms with van der Waals surface area (Å²) < 4.78 is 12.9. The SMILES string of the molecule is CCC(C)(C)n1nnnc1C(c1cc2ccc(OC)cc2[nH]c1=O)N(Cc1ccc(Cl)cc1)Cc1ccco1. The Hall–Kier alpha value is -3.95. The highest BCUT2D eigenvalue weighted by molar-refractivity contribution is 6.30. The second kappa shape index (κ2) is 11.0. The van der Waals surface area contributed by atoms with Gasteiger partial charge in [0.15, 0.2) is 5.82 Å². The topological polar surface area (TPSA) is 102 Å². The first-order valence-corrected chi connectivity index (χ1v) is 13.2. The summed E-state index contributed by atoms with van der Waals surface area (Å²) in [5.41, 5.74) is 1.61. The Kier molecular flexibility index (Phi) is 7.54. The number of benzene rings is 2. The second-order valence-corrected chi connectivity index (χ2v) is 10.6. The number of ether oxygens (including phenoxy) is 1. The van der Waals surface area contributed by atoms with Gasteiger partial charge in [-0.15, -0.1) is 5.10 Å². The average Bonchev–Trinajstić information content (AvgIpc) is 3.63. The fourth-order valence-corrected chi connectivity index (χ4v) is 4.76. The minimum Gasteiger partial charge on any atom is -0.497 e. The molecule has 0 bridgehead atoms. The Labute approximate surface area is 231 Å². The number of fused-ring (bicyclic) bond motifs is 1. The maximum atomic E-state index is 13.8. The van der Waals surface area contributed by atoms with Crippen LogP contribution in [-0.2, 0) is 18.6 Å². The molecule has 10 heteroatoms. The molecule has 5 aromatic rings. The second-order valence-electron chi connectivity index (χ2n) is 10.1. The van der Waals surface area contributed by atoms with Crippen molar-refractivity contribution in [3.8, 4) is 5.75 Å². The van der Waals surface area contributed by atoms with Crippen molar-refractivity contribution in [3.05, 3.63) is 105 Å². The van der Waals surface area contributed by atoms with Gasteiger partial charge in [0, 0.05) is 23.2 Å². The largest absolute Gasteiger partial charge is 0.497 e. The predicted octanol–water partition coefficient (Wildman–Crippen LogP) is 5.71. The number of hydrogen-bond acceptors (Lipinski definition) is 7. The van der Waals surface area contributed by atoms with Crippen molar-refractivity contribution >= 4 is 22.5 Å². The predicted molar refractivity (Wildman–Crippen MR) is 150 cm³/mol. The van der Waals surface area contributed by atoms with Crippen molar-refractivity contribution in [1.29, 1.82) is 0 Å². The van der Waals surface area contributed by atoms with Gasteiger partial charge in [0.05, 0.1) is 31.0 Å². The number of nitrogens with one attached hydrogen (secondary N) is 1. The van der Waals surface area contributed by atoms with Crippen molar-refractivity contribution < 1.29 is 9.15 Å². The molecular weight excluding hydrogens is 516 g/mol. The molecule has 5 rings (SSSR count). The van der Waals surface area contributed by atoms with E-state index < -0.39 is 6.04 Å². The molecule has 1 atom stereocenters. The number of nitrogens with zero attached hydrogens (tertiary/aromatic N) is 5. The Morgan fingerprint density at radius 3 is 2.62 bits per heavy atom. The molecule has 0 aliphatic carbocycles. The van der Waals surface area contributed by atoms with E-state index in [0.29, 0.717) is 40.8 Å². The molecule has 1 unspecified atom stereocenters. The number of pyridine rings is 1. The van der Waals surface area contributed by atoms with Crippen LogP contribution in [0.4, 0.5) is 0 Å².